The topological polar surface area (TPSA) is 0 Å². The molecule has 0 saturated carbocycles. The third-order valence-corrected chi connectivity index (χ3v) is 8.91. The van der Waals surface area contributed by atoms with Gasteiger partial charge in [0.2, 0.25) is 0 Å². The molecule has 0 amide bonds. The maximum atomic E-state index is 2.32. The maximum Gasteiger partial charge on any atom is -0.0148 e. The molecule has 15 aromatic carbocycles. The number of fused-ring (bicyclic) bond motifs is 1. The van der Waals surface area contributed by atoms with Gasteiger partial charge in [0.1, 0.15) is 0 Å². The van der Waals surface area contributed by atoms with E-state index in [1.54, 1.807) is 0 Å². The average molecular weight is 547 g/mol. The molecule has 0 saturated heterocycles. The van der Waals surface area contributed by atoms with Crippen LogP contribution in [-0.4, -0.2) is 0 Å². The standard InChI is InChI=1S/C43H30/c1-29-42-6-3-7-43(29)41-5-2-4-40(28-41)38-22-20-36(21-23-38)34-14-12-32(13-15-34)30-8-10-31(11-9-30)33-16-18-35(19-17-33)37-24-26-39(42)27-25-37/h2-28H,1H3. The molecule has 0 N–H and O–H groups in total. The molecule has 43 heavy (non-hydrogen) atoms. The van der Waals surface area contributed by atoms with Crippen molar-refractivity contribution in [2.45, 2.75) is 6.92 Å². The molecule has 202 valence electrons. The van der Waals surface area contributed by atoms with Crippen molar-refractivity contribution in [3.05, 3.63) is 169 Å². The van der Waals surface area contributed by atoms with Crippen LogP contribution in [0.5, 0.6) is 0 Å². The predicted octanol–water partition coefficient (Wildman–Crippen LogP) is 12.3. The van der Waals surface area contributed by atoms with Crippen LogP contribution in [0.15, 0.2) is 164 Å². The Morgan fingerprint density at radius 2 is 0.488 bits per heavy atom. The molecule has 15 aromatic rings. The molecule has 0 unspecified atom stereocenters. The smallest absolute Gasteiger partial charge is 0.0148 e. The fraction of sp³-hybridized carbons (Fsp3) is 0.0233. The minimum atomic E-state index is 1.22. The molecule has 0 heteroatoms. The summed E-state index contributed by atoms with van der Waals surface area (Å²) >= 11 is 0. The van der Waals surface area contributed by atoms with Crippen LogP contribution in [0.4, 0.5) is 0 Å². The van der Waals surface area contributed by atoms with Gasteiger partial charge in [-0.1, -0.05) is 158 Å². The van der Waals surface area contributed by atoms with Crippen LogP contribution >= 0.6 is 0 Å². The summed E-state index contributed by atoms with van der Waals surface area (Å²) in [5.41, 5.74) is 1.29. The first-order chi connectivity index (χ1) is 21.2. The van der Waals surface area contributed by atoms with Gasteiger partial charge in [0, 0.05) is 0 Å². The van der Waals surface area contributed by atoms with Crippen molar-refractivity contribution in [3.63, 3.8) is 0 Å². The number of hydrogen-bond donors (Lipinski definition) is 0. The van der Waals surface area contributed by atoms with Crippen molar-refractivity contribution in [3.8, 4) is 0 Å². The quantitative estimate of drug-likeness (QED) is 0.177. The molecule has 0 spiro atoms. The van der Waals surface area contributed by atoms with Crippen molar-refractivity contribution in [2.24, 2.45) is 0 Å². The van der Waals surface area contributed by atoms with Gasteiger partial charge in [-0.3, -0.25) is 0 Å². The summed E-state index contributed by atoms with van der Waals surface area (Å²) < 4.78 is 0. The lowest BCUT2D eigenvalue weighted by Crippen LogP contribution is -1.80. The molecule has 0 aromatic heterocycles. The minimum absolute atomic E-state index is 1.22. The van der Waals surface area contributed by atoms with Gasteiger partial charge in [-0.2, -0.15) is 0 Å². The molecular weight excluding hydrogens is 516 g/mol. The predicted molar refractivity (Wildman–Crippen MR) is 189 cm³/mol. The van der Waals surface area contributed by atoms with Gasteiger partial charge < -0.3 is 0 Å². The van der Waals surface area contributed by atoms with E-state index in [1.165, 1.54) is 81.0 Å². The van der Waals surface area contributed by atoms with Crippen LogP contribution in [0.3, 0.4) is 0 Å². The van der Waals surface area contributed by atoms with E-state index in [0.717, 1.165) is 0 Å². The van der Waals surface area contributed by atoms with Crippen LogP contribution in [0.25, 0.3) is 75.4 Å². The van der Waals surface area contributed by atoms with E-state index in [0.29, 0.717) is 0 Å². The zero-order valence-electron chi connectivity index (χ0n) is 24.1. The molecule has 15 rings (SSSR count). The molecule has 14 bridgehead atoms. The van der Waals surface area contributed by atoms with Crippen molar-refractivity contribution in [2.75, 3.05) is 0 Å². The van der Waals surface area contributed by atoms with Gasteiger partial charge in [0.15, 0.2) is 0 Å². The first kappa shape index (κ1) is 25.3. The van der Waals surface area contributed by atoms with Gasteiger partial charge in [-0.15, -0.1) is 0 Å². The van der Waals surface area contributed by atoms with E-state index in [1.807, 2.05) is 0 Å². The van der Waals surface area contributed by atoms with E-state index in [4.69, 9.17) is 0 Å². The normalized spacial score (nSPS) is 11.4. The van der Waals surface area contributed by atoms with Gasteiger partial charge in [-0.05, 0) is 94.0 Å². The molecule has 0 heterocycles. The Hall–Kier alpha value is -5.46. The molecule has 0 atom stereocenters. The fourth-order valence-corrected chi connectivity index (χ4v) is 6.39. The van der Waals surface area contributed by atoms with Crippen LogP contribution in [0.1, 0.15) is 5.56 Å². The van der Waals surface area contributed by atoms with Crippen LogP contribution in [0.2, 0.25) is 0 Å². The summed E-state index contributed by atoms with van der Waals surface area (Å²) in [6.45, 7) is 2.24. The molecule has 0 radical (unpaired) electrons. The highest BCUT2D eigenvalue weighted by atomic mass is 14.1. The Balaban J connectivity index is 1.43. The average Bonchev–Trinajstić information content (AvgIpc) is 3.09. The zero-order chi connectivity index (χ0) is 28.8. The second-order valence-corrected chi connectivity index (χ2v) is 11.4. The third-order valence-electron chi connectivity index (χ3n) is 8.91. The second-order valence-electron chi connectivity index (χ2n) is 11.4. The highest BCUT2D eigenvalue weighted by Gasteiger charge is 2.01. The first-order valence-electron chi connectivity index (χ1n) is 14.9. The molecule has 0 aliphatic heterocycles. The van der Waals surface area contributed by atoms with Crippen molar-refractivity contribution >= 4 is 75.4 Å². The van der Waals surface area contributed by atoms with E-state index < -0.39 is 0 Å². The zero-order valence-corrected chi connectivity index (χ0v) is 24.1. The monoisotopic (exact) mass is 546 g/mol. The summed E-state index contributed by atoms with van der Waals surface area (Å²) in [4.78, 5) is 0. The lowest BCUT2D eigenvalue weighted by molar-refractivity contribution is 1.59. The van der Waals surface area contributed by atoms with Crippen molar-refractivity contribution < 1.29 is 0 Å². The second kappa shape index (κ2) is 10.4. The first-order valence-corrected chi connectivity index (χ1v) is 14.9. The molecule has 0 fully saturated rings. The molecule has 0 aliphatic rings. The van der Waals surface area contributed by atoms with Crippen molar-refractivity contribution in [1.82, 2.24) is 0 Å². The Kier molecular flexibility index (Phi) is 6.12. The van der Waals surface area contributed by atoms with E-state index in [-0.39, 0.29) is 0 Å². The maximum absolute atomic E-state index is 2.32. The molecule has 0 aliphatic carbocycles. The Morgan fingerprint density at radius 1 is 0.233 bits per heavy atom. The Morgan fingerprint density at radius 3 is 0.860 bits per heavy atom. The SMILES string of the molecule is Cc1c2cccc1c1cccc(c1)c1ccc(cc1)c1ccc(cc1)c1ccc(cc1)c1ccc(cc1)c1ccc2cc1. The highest BCUT2D eigenvalue weighted by Crippen LogP contribution is 2.27. The Labute approximate surface area is 251 Å². The fourth-order valence-electron chi connectivity index (χ4n) is 6.39. The summed E-state index contributed by atoms with van der Waals surface area (Å²) in [5, 5.41) is 17.3. The molecule has 0 nitrogen and oxygen atoms in total. The molecular formula is C43H30. The number of aryl methyl sites for hydroxylation is 1. The van der Waals surface area contributed by atoms with Gasteiger partial charge in [0.25, 0.3) is 0 Å². The number of rotatable bonds is 0. The van der Waals surface area contributed by atoms with Gasteiger partial charge in [-0.25, -0.2) is 0 Å². The van der Waals surface area contributed by atoms with E-state index in [9.17, 15) is 0 Å². The lowest BCUT2D eigenvalue weighted by atomic mass is 10.00. The van der Waals surface area contributed by atoms with Gasteiger partial charge >= 0.3 is 0 Å². The summed E-state index contributed by atoms with van der Waals surface area (Å²) in [7, 11) is 0. The van der Waals surface area contributed by atoms with E-state index in [2.05, 4.69) is 171 Å². The summed E-state index contributed by atoms with van der Waals surface area (Å²) in [6.07, 6.45) is 0. The summed E-state index contributed by atoms with van der Waals surface area (Å²) in [6, 6.07) is 60.2. The van der Waals surface area contributed by atoms with E-state index >= 15 is 0 Å². The van der Waals surface area contributed by atoms with Crippen LogP contribution in [-0.2, 0) is 0 Å². The largest absolute Gasteiger partial charge is 0.0610 e. The number of hydrogen-bond acceptors (Lipinski definition) is 0. The van der Waals surface area contributed by atoms with Crippen LogP contribution in [0, 0.1) is 6.92 Å². The lowest BCUT2D eigenvalue weighted by Gasteiger charge is -2.05. The van der Waals surface area contributed by atoms with Crippen LogP contribution < -0.4 is 0 Å². The number of benzene rings is 7. The third kappa shape index (κ3) is 4.68. The Bertz CT molecular complexity index is 2420. The van der Waals surface area contributed by atoms with Gasteiger partial charge in [0.05, 0.1) is 0 Å². The highest BCUT2D eigenvalue weighted by molar-refractivity contribution is 6.00. The minimum Gasteiger partial charge on any atom is -0.0610 e. The van der Waals surface area contributed by atoms with Crippen molar-refractivity contribution in [1.29, 1.82) is 0 Å². The summed E-state index contributed by atoms with van der Waals surface area (Å²) in [5.74, 6) is 0.